The Morgan fingerprint density at radius 3 is 2.68 bits per heavy atom. The van der Waals surface area contributed by atoms with Gasteiger partial charge in [-0.15, -0.1) is 0 Å². The summed E-state index contributed by atoms with van der Waals surface area (Å²) in [6.07, 6.45) is 4.59. The van der Waals surface area contributed by atoms with Gasteiger partial charge in [-0.05, 0) is 53.6 Å². The van der Waals surface area contributed by atoms with Gasteiger partial charge in [0.05, 0.1) is 5.56 Å². The van der Waals surface area contributed by atoms with E-state index in [0.717, 1.165) is 12.8 Å². The molecule has 0 atom stereocenters. The lowest BCUT2D eigenvalue weighted by atomic mass is 10.0. The fraction of sp³-hybridized carbons (Fsp3) is 0.316. The highest BCUT2D eigenvalue weighted by molar-refractivity contribution is 6.06. The number of aryl methyl sites for hydroxylation is 1. The molecule has 2 aromatic heterocycles. The molecule has 8 nitrogen and oxygen atoms in total. The molecule has 0 unspecified atom stereocenters. The van der Waals surface area contributed by atoms with Crippen molar-refractivity contribution in [1.82, 2.24) is 25.2 Å². The second-order valence-corrected chi connectivity index (χ2v) is 6.72. The highest BCUT2D eigenvalue weighted by Gasteiger charge is 2.31. The molecule has 1 aromatic carbocycles. The Kier molecular flexibility index (Phi) is 4.96. The zero-order chi connectivity index (χ0) is 19.5. The van der Waals surface area contributed by atoms with E-state index in [9.17, 15) is 9.18 Å². The third-order valence-corrected chi connectivity index (χ3v) is 4.92. The maximum Gasteiger partial charge on any atom is 0.260 e. The fourth-order valence-electron chi connectivity index (χ4n) is 3.56. The molecule has 0 bridgehead atoms. The quantitative estimate of drug-likeness (QED) is 0.688. The molecule has 28 heavy (non-hydrogen) atoms. The van der Waals surface area contributed by atoms with Crippen LogP contribution in [0.2, 0.25) is 0 Å². The van der Waals surface area contributed by atoms with Crippen LogP contribution in [0, 0.1) is 5.82 Å². The SMILES string of the molecule is Cn1nnnc1N1CCC(N(C(=O)c2cccnc2)c2cccc(F)c2)CC1. The summed E-state index contributed by atoms with van der Waals surface area (Å²) in [4.78, 5) is 21.1. The summed E-state index contributed by atoms with van der Waals surface area (Å²) in [5, 5.41) is 11.6. The van der Waals surface area contributed by atoms with Crippen LogP contribution in [-0.2, 0) is 7.05 Å². The lowest BCUT2D eigenvalue weighted by Crippen LogP contribution is -2.48. The number of piperidine rings is 1. The molecule has 3 aromatic rings. The first-order valence-corrected chi connectivity index (χ1v) is 9.10. The van der Waals surface area contributed by atoms with Gasteiger partial charge in [-0.3, -0.25) is 9.78 Å². The van der Waals surface area contributed by atoms with Gasteiger partial charge in [-0.25, -0.2) is 9.07 Å². The van der Waals surface area contributed by atoms with Crippen molar-refractivity contribution in [2.45, 2.75) is 18.9 Å². The normalized spacial score (nSPS) is 14.9. The molecule has 0 aliphatic carbocycles. The number of amides is 1. The lowest BCUT2D eigenvalue weighted by Gasteiger charge is -2.38. The number of tetrazole rings is 1. The average molecular weight is 381 g/mol. The summed E-state index contributed by atoms with van der Waals surface area (Å²) in [5.74, 6) is 0.149. The van der Waals surface area contributed by atoms with Crippen LogP contribution < -0.4 is 9.80 Å². The van der Waals surface area contributed by atoms with Crippen LogP contribution in [0.1, 0.15) is 23.2 Å². The second-order valence-electron chi connectivity index (χ2n) is 6.72. The van der Waals surface area contributed by atoms with Gasteiger partial charge in [-0.2, -0.15) is 0 Å². The monoisotopic (exact) mass is 381 g/mol. The van der Waals surface area contributed by atoms with Gasteiger partial charge >= 0.3 is 0 Å². The fourth-order valence-corrected chi connectivity index (χ4v) is 3.56. The van der Waals surface area contributed by atoms with Crippen molar-refractivity contribution in [2.24, 2.45) is 7.05 Å². The van der Waals surface area contributed by atoms with Gasteiger partial charge in [0.1, 0.15) is 5.82 Å². The molecular weight excluding hydrogens is 361 g/mol. The highest BCUT2D eigenvalue weighted by atomic mass is 19.1. The molecular formula is C19H20FN7O. The van der Waals surface area contributed by atoms with Crippen LogP contribution in [0.25, 0.3) is 0 Å². The predicted molar refractivity (Wildman–Crippen MR) is 101 cm³/mol. The Bertz CT molecular complexity index is 954. The standard InChI is InChI=1S/C19H20FN7O/c1-25-19(22-23-24-25)26-10-7-16(8-11-26)27(17-6-2-5-15(20)12-17)18(28)14-4-3-9-21-13-14/h2-6,9,12-13,16H,7-8,10-11H2,1H3. The summed E-state index contributed by atoms with van der Waals surface area (Å²) in [6, 6.07) is 9.53. The molecule has 1 amide bonds. The van der Waals surface area contributed by atoms with Gasteiger partial charge in [0.15, 0.2) is 0 Å². The number of hydrogen-bond acceptors (Lipinski definition) is 6. The second kappa shape index (κ2) is 7.71. The van der Waals surface area contributed by atoms with Gasteiger partial charge in [0.25, 0.3) is 5.91 Å². The van der Waals surface area contributed by atoms with Crippen LogP contribution in [0.15, 0.2) is 48.8 Å². The summed E-state index contributed by atoms with van der Waals surface area (Å²) in [5.41, 5.74) is 1.03. The molecule has 0 radical (unpaired) electrons. The first-order valence-electron chi connectivity index (χ1n) is 9.10. The van der Waals surface area contributed by atoms with Crippen molar-refractivity contribution in [3.8, 4) is 0 Å². The van der Waals surface area contributed by atoms with Crippen molar-refractivity contribution < 1.29 is 9.18 Å². The number of rotatable bonds is 4. The van der Waals surface area contributed by atoms with Crippen LogP contribution >= 0.6 is 0 Å². The van der Waals surface area contributed by atoms with E-state index in [1.165, 1.54) is 18.3 Å². The summed E-state index contributed by atoms with van der Waals surface area (Å²) in [6.45, 7) is 1.40. The lowest BCUT2D eigenvalue weighted by molar-refractivity contribution is 0.0972. The molecule has 1 aliphatic heterocycles. The third kappa shape index (κ3) is 3.55. The molecule has 3 heterocycles. The van der Waals surface area contributed by atoms with E-state index in [-0.39, 0.29) is 17.8 Å². The number of anilines is 2. The van der Waals surface area contributed by atoms with Gasteiger partial charge in [0, 0.05) is 44.3 Å². The van der Waals surface area contributed by atoms with E-state index in [1.807, 2.05) is 0 Å². The zero-order valence-corrected chi connectivity index (χ0v) is 15.4. The van der Waals surface area contributed by atoms with Crippen molar-refractivity contribution >= 4 is 17.5 Å². The van der Waals surface area contributed by atoms with Crippen molar-refractivity contribution in [2.75, 3.05) is 22.9 Å². The highest BCUT2D eigenvalue weighted by Crippen LogP contribution is 2.27. The molecule has 1 saturated heterocycles. The number of pyridine rings is 1. The van der Waals surface area contributed by atoms with E-state index in [1.54, 1.807) is 47.1 Å². The number of carbonyl (C=O) groups excluding carboxylic acids is 1. The third-order valence-electron chi connectivity index (χ3n) is 4.92. The molecule has 144 valence electrons. The first-order chi connectivity index (χ1) is 13.6. The maximum absolute atomic E-state index is 13.9. The van der Waals surface area contributed by atoms with E-state index >= 15 is 0 Å². The van der Waals surface area contributed by atoms with E-state index < -0.39 is 0 Å². The number of carbonyl (C=O) groups is 1. The summed E-state index contributed by atoms with van der Waals surface area (Å²) < 4.78 is 15.5. The number of hydrogen-bond donors (Lipinski definition) is 0. The molecule has 0 N–H and O–H groups in total. The van der Waals surface area contributed by atoms with E-state index in [2.05, 4.69) is 25.4 Å². The van der Waals surface area contributed by atoms with Gasteiger partial charge < -0.3 is 9.80 Å². The smallest absolute Gasteiger partial charge is 0.260 e. The van der Waals surface area contributed by atoms with Gasteiger partial charge in [0.2, 0.25) is 5.95 Å². The number of aromatic nitrogens is 5. The molecule has 9 heteroatoms. The number of nitrogens with zero attached hydrogens (tertiary/aromatic N) is 7. The Morgan fingerprint density at radius 1 is 1.21 bits per heavy atom. The number of benzene rings is 1. The first kappa shape index (κ1) is 18.0. The Morgan fingerprint density at radius 2 is 2.04 bits per heavy atom. The molecule has 0 spiro atoms. The Hall–Kier alpha value is -3.36. The van der Waals surface area contributed by atoms with E-state index in [4.69, 9.17) is 0 Å². The van der Waals surface area contributed by atoms with Crippen molar-refractivity contribution in [3.05, 3.63) is 60.2 Å². The topological polar surface area (TPSA) is 80.0 Å². The molecule has 1 aliphatic rings. The van der Waals surface area contributed by atoms with E-state index in [0.29, 0.717) is 30.3 Å². The predicted octanol–water partition coefficient (Wildman–Crippen LogP) is 2.06. The van der Waals surface area contributed by atoms with Crippen molar-refractivity contribution in [3.63, 3.8) is 0 Å². The molecule has 0 saturated carbocycles. The molecule has 4 rings (SSSR count). The van der Waals surface area contributed by atoms with Crippen LogP contribution in [0.3, 0.4) is 0 Å². The summed E-state index contributed by atoms with van der Waals surface area (Å²) >= 11 is 0. The zero-order valence-electron chi connectivity index (χ0n) is 15.4. The Labute approximate surface area is 161 Å². The van der Waals surface area contributed by atoms with Crippen molar-refractivity contribution in [1.29, 1.82) is 0 Å². The van der Waals surface area contributed by atoms with Crippen LogP contribution in [0.5, 0.6) is 0 Å². The largest absolute Gasteiger partial charge is 0.340 e. The minimum Gasteiger partial charge on any atom is -0.340 e. The Balaban J connectivity index is 1.59. The average Bonchev–Trinajstić information content (AvgIpc) is 3.15. The minimum atomic E-state index is -0.371. The van der Waals surface area contributed by atoms with Crippen LogP contribution in [-0.4, -0.2) is 50.2 Å². The maximum atomic E-state index is 13.9. The molecule has 1 fully saturated rings. The minimum absolute atomic E-state index is 0.0630. The number of halogens is 1. The summed E-state index contributed by atoms with van der Waals surface area (Å²) in [7, 11) is 1.80. The van der Waals surface area contributed by atoms with Crippen LogP contribution in [0.4, 0.5) is 16.0 Å². The van der Waals surface area contributed by atoms with Gasteiger partial charge in [-0.1, -0.05) is 11.2 Å².